The first-order valence-corrected chi connectivity index (χ1v) is 14.0. The van der Waals surface area contributed by atoms with Crippen molar-refractivity contribution in [1.29, 1.82) is 0 Å². The zero-order valence-electron chi connectivity index (χ0n) is 19.6. The summed E-state index contributed by atoms with van der Waals surface area (Å²) in [7, 11) is -3.76. The van der Waals surface area contributed by atoms with Crippen LogP contribution in [0.15, 0.2) is 71.6 Å². The number of amides is 1. The fourth-order valence-electron chi connectivity index (χ4n) is 3.33. The van der Waals surface area contributed by atoms with Crippen LogP contribution in [0.2, 0.25) is 0 Å². The molecule has 0 saturated carbocycles. The van der Waals surface area contributed by atoms with Crippen LogP contribution in [0.5, 0.6) is 0 Å². The maximum atomic E-state index is 12.8. The van der Waals surface area contributed by atoms with Crippen LogP contribution in [0.4, 0.5) is 17.1 Å². The van der Waals surface area contributed by atoms with E-state index in [1.54, 1.807) is 36.4 Å². The van der Waals surface area contributed by atoms with Crippen LogP contribution in [-0.4, -0.2) is 32.5 Å². The predicted octanol–water partition coefficient (Wildman–Crippen LogP) is 5.37. The summed E-state index contributed by atoms with van der Waals surface area (Å²) in [6.45, 7) is 7.87. The number of carbonyl (C=O) groups is 1. The number of hydrogen-bond donors (Lipinski definition) is 3. The van der Waals surface area contributed by atoms with E-state index in [1.165, 1.54) is 12.1 Å². The van der Waals surface area contributed by atoms with E-state index < -0.39 is 10.0 Å². The quantitative estimate of drug-likeness (QED) is 0.231. The van der Waals surface area contributed by atoms with Crippen molar-refractivity contribution >= 4 is 72.9 Å². The highest BCUT2D eigenvalue weighted by Crippen LogP contribution is 2.22. The van der Waals surface area contributed by atoms with Crippen molar-refractivity contribution in [3.05, 3.63) is 81.4 Å². The maximum absolute atomic E-state index is 12.8. The Hall–Kier alpha value is -2.70. The van der Waals surface area contributed by atoms with Crippen molar-refractivity contribution in [2.24, 2.45) is 0 Å². The Balaban J connectivity index is 1.61. The van der Waals surface area contributed by atoms with E-state index in [0.29, 0.717) is 16.9 Å². The fraction of sp³-hybridized carbons (Fsp3) is 0.200. The molecule has 0 radical (unpaired) electrons. The number of halogens is 1. The second-order valence-electron chi connectivity index (χ2n) is 7.72. The highest BCUT2D eigenvalue weighted by Gasteiger charge is 2.15. The Kier molecular flexibility index (Phi) is 9.09. The lowest BCUT2D eigenvalue weighted by atomic mass is 10.1. The van der Waals surface area contributed by atoms with E-state index in [9.17, 15) is 13.2 Å². The fourth-order valence-corrected chi connectivity index (χ4v) is 5.12. The van der Waals surface area contributed by atoms with Gasteiger partial charge in [-0.2, -0.15) is 0 Å². The van der Waals surface area contributed by atoms with Crippen molar-refractivity contribution < 1.29 is 13.2 Å². The molecule has 0 aliphatic carbocycles. The van der Waals surface area contributed by atoms with Crippen LogP contribution in [-0.2, 0) is 10.0 Å². The molecule has 0 aliphatic heterocycles. The lowest BCUT2D eigenvalue weighted by Gasteiger charge is -2.21. The predicted molar refractivity (Wildman–Crippen MR) is 155 cm³/mol. The molecule has 1 amide bonds. The van der Waals surface area contributed by atoms with Gasteiger partial charge < -0.3 is 10.2 Å². The molecule has 0 aliphatic rings. The SMILES string of the molecule is CCN(CC)c1ccc(NS(=O)(=O)c2ccc(NC(=S)NC(=O)c3ccc(C)c(I)c3)cc2)cc1. The second-order valence-corrected chi connectivity index (χ2v) is 11.0. The van der Waals surface area contributed by atoms with Crippen LogP contribution in [0.25, 0.3) is 0 Å². The van der Waals surface area contributed by atoms with Gasteiger partial charge in [-0.25, -0.2) is 8.42 Å². The lowest BCUT2D eigenvalue weighted by molar-refractivity contribution is 0.0977. The Bertz CT molecular complexity index is 1310. The minimum Gasteiger partial charge on any atom is -0.372 e. The average molecular weight is 623 g/mol. The maximum Gasteiger partial charge on any atom is 0.261 e. The van der Waals surface area contributed by atoms with Gasteiger partial charge in [-0.05, 0) is 122 Å². The summed E-state index contributed by atoms with van der Waals surface area (Å²) in [5, 5.41) is 5.65. The molecule has 0 heterocycles. The van der Waals surface area contributed by atoms with Gasteiger partial charge in [0.15, 0.2) is 5.11 Å². The van der Waals surface area contributed by atoms with Crippen molar-refractivity contribution in [2.75, 3.05) is 28.0 Å². The Morgan fingerprint density at radius 2 is 1.54 bits per heavy atom. The number of hydrogen-bond acceptors (Lipinski definition) is 5. The lowest BCUT2D eigenvalue weighted by Crippen LogP contribution is -2.34. The van der Waals surface area contributed by atoms with Gasteiger partial charge in [-0.3, -0.25) is 14.8 Å². The number of benzene rings is 3. The van der Waals surface area contributed by atoms with Gasteiger partial charge >= 0.3 is 0 Å². The van der Waals surface area contributed by atoms with Gasteiger partial charge in [0, 0.05) is 39.3 Å². The number of thiocarbonyl (C=S) groups is 1. The van der Waals surface area contributed by atoms with Gasteiger partial charge in [0.1, 0.15) is 0 Å². The number of aryl methyl sites for hydroxylation is 1. The van der Waals surface area contributed by atoms with Gasteiger partial charge in [0.25, 0.3) is 15.9 Å². The van der Waals surface area contributed by atoms with E-state index in [4.69, 9.17) is 12.2 Å². The van der Waals surface area contributed by atoms with Crippen molar-refractivity contribution in [2.45, 2.75) is 25.7 Å². The zero-order valence-corrected chi connectivity index (χ0v) is 23.4. The Morgan fingerprint density at radius 1 is 0.943 bits per heavy atom. The molecule has 3 N–H and O–H groups in total. The minimum absolute atomic E-state index is 0.111. The largest absolute Gasteiger partial charge is 0.372 e. The van der Waals surface area contributed by atoms with Crippen LogP contribution in [0, 0.1) is 10.5 Å². The van der Waals surface area contributed by atoms with E-state index in [-0.39, 0.29) is 15.9 Å². The average Bonchev–Trinajstić information content (AvgIpc) is 2.82. The van der Waals surface area contributed by atoms with Gasteiger partial charge in [0.2, 0.25) is 0 Å². The van der Waals surface area contributed by atoms with Crippen LogP contribution in [0.3, 0.4) is 0 Å². The molecule has 184 valence electrons. The third kappa shape index (κ3) is 7.15. The van der Waals surface area contributed by atoms with E-state index >= 15 is 0 Å². The number of nitrogens with one attached hydrogen (secondary N) is 3. The molecule has 3 aromatic carbocycles. The first-order valence-electron chi connectivity index (χ1n) is 11.0. The number of sulfonamides is 1. The third-order valence-electron chi connectivity index (χ3n) is 5.33. The monoisotopic (exact) mass is 622 g/mol. The van der Waals surface area contributed by atoms with E-state index in [1.807, 2.05) is 25.1 Å². The first-order chi connectivity index (χ1) is 16.6. The molecule has 10 heteroatoms. The molecule has 35 heavy (non-hydrogen) atoms. The molecule has 7 nitrogen and oxygen atoms in total. The topological polar surface area (TPSA) is 90.5 Å². The number of carbonyl (C=O) groups excluding carboxylic acids is 1. The first kappa shape index (κ1) is 26.9. The molecule has 3 aromatic rings. The van der Waals surface area contributed by atoms with Crippen molar-refractivity contribution in [3.8, 4) is 0 Å². The number of anilines is 3. The number of nitrogens with zero attached hydrogens (tertiary/aromatic N) is 1. The summed E-state index contributed by atoms with van der Waals surface area (Å²) in [6.07, 6.45) is 0. The summed E-state index contributed by atoms with van der Waals surface area (Å²) in [4.78, 5) is 14.7. The summed E-state index contributed by atoms with van der Waals surface area (Å²) < 4.78 is 29.2. The molecule has 0 bridgehead atoms. The molecular formula is C25H27IN4O3S2. The molecule has 0 saturated heterocycles. The molecule has 0 spiro atoms. The third-order valence-corrected chi connectivity index (χ3v) is 8.10. The van der Waals surface area contributed by atoms with E-state index in [2.05, 4.69) is 56.7 Å². The molecule has 0 fully saturated rings. The van der Waals surface area contributed by atoms with Gasteiger partial charge in [-0.15, -0.1) is 0 Å². The van der Waals surface area contributed by atoms with Crippen LogP contribution < -0.4 is 20.3 Å². The standard InChI is InChI=1S/C25H27IN4O3S2/c1-4-30(5-2)21-12-8-20(9-13-21)29-35(32,33)22-14-10-19(11-15-22)27-25(34)28-24(31)18-7-6-17(3)23(26)16-18/h6-16,29H,4-5H2,1-3H3,(H2,27,28,31,34). The highest BCUT2D eigenvalue weighted by atomic mass is 127. The van der Waals surface area contributed by atoms with Crippen LogP contribution in [0.1, 0.15) is 29.8 Å². The molecule has 0 unspecified atom stereocenters. The van der Waals surface area contributed by atoms with Crippen molar-refractivity contribution in [3.63, 3.8) is 0 Å². The smallest absolute Gasteiger partial charge is 0.261 e. The zero-order chi connectivity index (χ0) is 25.6. The second kappa shape index (κ2) is 11.8. The number of rotatable bonds is 8. The molecular weight excluding hydrogens is 595 g/mol. The normalized spacial score (nSPS) is 11.0. The van der Waals surface area contributed by atoms with Crippen molar-refractivity contribution in [1.82, 2.24) is 5.32 Å². The molecule has 0 atom stereocenters. The summed E-state index contributed by atoms with van der Waals surface area (Å²) in [5.74, 6) is -0.323. The Morgan fingerprint density at radius 3 is 2.11 bits per heavy atom. The summed E-state index contributed by atoms with van der Waals surface area (Å²) in [5.41, 5.74) is 3.66. The van der Waals surface area contributed by atoms with Gasteiger partial charge in [-0.1, -0.05) is 6.07 Å². The summed E-state index contributed by atoms with van der Waals surface area (Å²) >= 11 is 7.41. The molecule has 0 aromatic heterocycles. The summed E-state index contributed by atoms with van der Waals surface area (Å²) in [6, 6.07) is 18.8. The van der Waals surface area contributed by atoms with E-state index in [0.717, 1.165) is 27.9 Å². The molecule has 3 rings (SSSR count). The highest BCUT2D eigenvalue weighted by molar-refractivity contribution is 14.1. The minimum atomic E-state index is -3.76. The van der Waals surface area contributed by atoms with Gasteiger partial charge in [0.05, 0.1) is 4.90 Å². The Labute approximate surface area is 225 Å². The van der Waals surface area contributed by atoms with Crippen LogP contribution >= 0.6 is 34.8 Å².